The molecular formula is C16H13N5O3. The average molecular weight is 323 g/mol. The van der Waals surface area contributed by atoms with Crippen molar-refractivity contribution < 1.29 is 9.72 Å². The minimum absolute atomic E-state index is 0.0905. The maximum absolute atomic E-state index is 12.4. The van der Waals surface area contributed by atoms with Gasteiger partial charge in [-0.2, -0.15) is 5.10 Å². The summed E-state index contributed by atoms with van der Waals surface area (Å²) in [4.78, 5) is 26.8. The molecule has 0 fully saturated rings. The van der Waals surface area contributed by atoms with Gasteiger partial charge in [-0.3, -0.25) is 14.9 Å². The van der Waals surface area contributed by atoms with Crippen LogP contribution in [0.1, 0.15) is 15.9 Å². The lowest BCUT2D eigenvalue weighted by atomic mass is 10.1. The highest BCUT2D eigenvalue weighted by molar-refractivity contribution is 6.05. The van der Waals surface area contributed by atoms with Crippen LogP contribution in [-0.4, -0.2) is 25.6 Å². The molecule has 0 saturated heterocycles. The number of hydrogen-bond donors (Lipinski definition) is 1. The molecule has 3 rings (SSSR count). The molecule has 0 unspecified atom stereocenters. The Morgan fingerprint density at radius 3 is 2.75 bits per heavy atom. The topological polar surface area (TPSA) is 103 Å². The molecule has 8 nitrogen and oxygen atoms in total. The molecule has 0 aliphatic rings. The number of benzene rings is 2. The van der Waals surface area contributed by atoms with Crippen molar-refractivity contribution in [2.75, 3.05) is 5.32 Å². The van der Waals surface area contributed by atoms with Gasteiger partial charge in [0.2, 0.25) is 0 Å². The number of nitro benzene ring substituents is 1. The minimum atomic E-state index is -0.504. The van der Waals surface area contributed by atoms with Crippen LogP contribution in [0.5, 0.6) is 0 Å². The Labute approximate surface area is 136 Å². The number of para-hydroxylation sites is 2. The van der Waals surface area contributed by atoms with Gasteiger partial charge in [-0.1, -0.05) is 18.2 Å². The highest BCUT2D eigenvalue weighted by Crippen LogP contribution is 2.22. The van der Waals surface area contributed by atoms with E-state index < -0.39 is 10.8 Å². The van der Waals surface area contributed by atoms with Crippen molar-refractivity contribution in [2.45, 2.75) is 6.92 Å². The Balaban J connectivity index is 1.91. The summed E-state index contributed by atoms with van der Waals surface area (Å²) in [5.74, 6) is -0.439. The van der Waals surface area contributed by atoms with Gasteiger partial charge in [-0.25, -0.2) is 9.67 Å². The molecule has 0 saturated carbocycles. The Hall–Kier alpha value is -3.55. The summed E-state index contributed by atoms with van der Waals surface area (Å²) in [5.41, 5.74) is 1.79. The van der Waals surface area contributed by atoms with Gasteiger partial charge in [0, 0.05) is 17.2 Å². The van der Waals surface area contributed by atoms with Crippen LogP contribution in [0, 0.1) is 17.0 Å². The van der Waals surface area contributed by atoms with Crippen molar-refractivity contribution >= 4 is 17.3 Å². The summed E-state index contributed by atoms with van der Waals surface area (Å²) in [6, 6.07) is 11.4. The summed E-state index contributed by atoms with van der Waals surface area (Å²) in [7, 11) is 0. The van der Waals surface area contributed by atoms with Gasteiger partial charge >= 0.3 is 0 Å². The number of hydrogen-bond acceptors (Lipinski definition) is 5. The molecule has 3 aromatic rings. The molecule has 0 radical (unpaired) electrons. The third-order valence-corrected chi connectivity index (χ3v) is 3.49. The monoisotopic (exact) mass is 323 g/mol. The third-order valence-electron chi connectivity index (χ3n) is 3.49. The Kier molecular flexibility index (Phi) is 4.02. The van der Waals surface area contributed by atoms with Crippen molar-refractivity contribution in [2.24, 2.45) is 0 Å². The lowest BCUT2D eigenvalue weighted by Gasteiger charge is -2.10. The second-order valence-electron chi connectivity index (χ2n) is 5.07. The molecular weight excluding hydrogens is 310 g/mol. The Bertz CT molecular complexity index is 906. The van der Waals surface area contributed by atoms with Crippen molar-refractivity contribution in [3.05, 3.63) is 76.4 Å². The van der Waals surface area contributed by atoms with Gasteiger partial charge in [0.25, 0.3) is 11.6 Å². The molecule has 1 heterocycles. The van der Waals surface area contributed by atoms with E-state index in [-0.39, 0.29) is 11.3 Å². The van der Waals surface area contributed by atoms with Crippen molar-refractivity contribution in [1.82, 2.24) is 14.8 Å². The minimum Gasteiger partial charge on any atom is -0.320 e. The van der Waals surface area contributed by atoms with Crippen LogP contribution in [0.3, 0.4) is 0 Å². The van der Waals surface area contributed by atoms with E-state index in [2.05, 4.69) is 15.4 Å². The second-order valence-corrected chi connectivity index (χ2v) is 5.07. The maximum atomic E-state index is 12.4. The van der Waals surface area contributed by atoms with Crippen LogP contribution >= 0.6 is 0 Å². The van der Waals surface area contributed by atoms with Crippen LogP contribution < -0.4 is 5.32 Å². The number of aryl methyl sites for hydroxylation is 1. The first-order valence-corrected chi connectivity index (χ1v) is 7.06. The molecule has 0 aliphatic carbocycles. The van der Waals surface area contributed by atoms with Crippen molar-refractivity contribution in [1.29, 1.82) is 0 Å². The third kappa shape index (κ3) is 2.98. The average Bonchev–Trinajstić information content (AvgIpc) is 3.09. The smallest absolute Gasteiger partial charge is 0.273 e. The van der Waals surface area contributed by atoms with Crippen LogP contribution in [0.4, 0.5) is 11.4 Å². The van der Waals surface area contributed by atoms with Crippen molar-refractivity contribution in [3.63, 3.8) is 0 Å². The number of carbonyl (C=O) groups is 1. The predicted molar refractivity (Wildman–Crippen MR) is 87.1 cm³/mol. The first-order chi connectivity index (χ1) is 11.6. The molecule has 120 valence electrons. The molecule has 0 atom stereocenters. The zero-order chi connectivity index (χ0) is 17.1. The van der Waals surface area contributed by atoms with E-state index in [0.717, 1.165) is 0 Å². The zero-order valence-electron chi connectivity index (χ0n) is 12.7. The van der Waals surface area contributed by atoms with Gasteiger partial charge < -0.3 is 5.32 Å². The summed E-state index contributed by atoms with van der Waals surface area (Å²) >= 11 is 0. The number of nitrogens with one attached hydrogen (secondary N) is 1. The van der Waals surface area contributed by atoms with E-state index in [1.54, 1.807) is 37.3 Å². The second kappa shape index (κ2) is 6.29. The van der Waals surface area contributed by atoms with E-state index in [1.165, 1.54) is 23.4 Å². The molecule has 8 heteroatoms. The van der Waals surface area contributed by atoms with E-state index in [9.17, 15) is 14.9 Å². The van der Waals surface area contributed by atoms with Crippen LogP contribution in [0.15, 0.2) is 55.1 Å². The molecule has 0 aliphatic heterocycles. The number of amides is 1. The number of nitro groups is 1. The Morgan fingerprint density at radius 1 is 1.25 bits per heavy atom. The highest BCUT2D eigenvalue weighted by atomic mass is 16.6. The summed E-state index contributed by atoms with van der Waals surface area (Å²) in [5, 5.41) is 17.8. The fourth-order valence-electron chi connectivity index (χ4n) is 2.25. The van der Waals surface area contributed by atoms with E-state index in [4.69, 9.17) is 0 Å². The molecule has 0 bridgehead atoms. The Morgan fingerprint density at radius 2 is 2.04 bits per heavy atom. The van der Waals surface area contributed by atoms with Crippen LogP contribution in [0.2, 0.25) is 0 Å². The van der Waals surface area contributed by atoms with Gasteiger partial charge in [0.15, 0.2) is 0 Å². The molecule has 0 spiro atoms. The first kappa shape index (κ1) is 15.3. The normalized spacial score (nSPS) is 10.4. The zero-order valence-corrected chi connectivity index (χ0v) is 12.7. The predicted octanol–water partition coefficient (Wildman–Crippen LogP) is 2.74. The van der Waals surface area contributed by atoms with Crippen LogP contribution in [-0.2, 0) is 0 Å². The number of carbonyl (C=O) groups excluding carboxylic acids is 1. The summed E-state index contributed by atoms with van der Waals surface area (Å²) in [6.07, 6.45) is 2.91. The summed E-state index contributed by atoms with van der Waals surface area (Å²) in [6.45, 7) is 1.62. The lowest BCUT2D eigenvalue weighted by Crippen LogP contribution is -2.14. The quantitative estimate of drug-likeness (QED) is 0.587. The fraction of sp³-hybridized carbons (Fsp3) is 0.0625. The highest BCUT2D eigenvalue weighted by Gasteiger charge is 2.16. The molecule has 24 heavy (non-hydrogen) atoms. The van der Waals surface area contributed by atoms with E-state index in [0.29, 0.717) is 16.9 Å². The van der Waals surface area contributed by atoms with Gasteiger partial charge in [-0.05, 0) is 25.1 Å². The number of rotatable bonds is 4. The lowest BCUT2D eigenvalue weighted by molar-refractivity contribution is -0.385. The van der Waals surface area contributed by atoms with Gasteiger partial charge in [-0.15, -0.1) is 0 Å². The summed E-state index contributed by atoms with van der Waals surface area (Å²) < 4.78 is 1.52. The molecule has 1 aromatic heterocycles. The van der Waals surface area contributed by atoms with Gasteiger partial charge in [0.1, 0.15) is 12.7 Å². The molecule has 1 N–H and O–H groups in total. The number of aromatic nitrogens is 3. The van der Waals surface area contributed by atoms with Gasteiger partial charge in [0.05, 0.1) is 16.3 Å². The van der Waals surface area contributed by atoms with Crippen molar-refractivity contribution in [3.8, 4) is 5.69 Å². The fourth-order valence-corrected chi connectivity index (χ4v) is 2.25. The SMILES string of the molecule is Cc1ccc(C(=O)Nc2ccccc2-n2cncn2)cc1[N+](=O)[O-]. The maximum Gasteiger partial charge on any atom is 0.273 e. The number of nitrogens with zero attached hydrogens (tertiary/aromatic N) is 4. The largest absolute Gasteiger partial charge is 0.320 e. The standard InChI is InChI=1S/C16H13N5O3/c1-11-6-7-12(8-15(11)21(23)24)16(22)19-13-4-2-3-5-14(13)20-10-17-9-18-20/h2-10H,1H3,(H,19,22). The van der Waals surface area contributed by atoms with E-state index >= 15 is 0 Å². The number of anilines is 1. The van der Waals surface area contributed by atoms with E-state index in [1.807, 2.05) is 6.07 Å². The van der Waals surface area contributed by atoms with Crippen LogP contribution in [0.25, 0.3) is 5.69 Å². The molecule has 1 amide bonds. The molecule has 2 aromatic carbocycles. The first-order valence-electron chi connectivity index (χ1n) is 7.06.